The van der Waals surface area contributed by atoms with E-state index in [1.165, 1.54) is 31.4 Å². The summed E-state index contributed by atoms with van der Waals surface area (Å²) < 4.78 is 13.3. The van der Waals surface area contributed by atoms with E-state index in [1.807, 2.05) is 41.5 Å². The highest BCUT2D eigenvalue weighted by molar-refractivity contribution is 5.97. The number of fused-ring (bicyclic) bond motifs is 1. The van der Waals surface area contributed by atoms with Crippen LogP contribution in [0.4, 0.5) is 4.39 Å². The molecule has 3 rings (SSSR count). The molecule has 2 atom stereocenters. The van der Waals surface area contributed by atoms with Crippen LogP contribution in [-0.4, -0.2) is 16.9 Å². The SMILES string of the molecule is CCCCCCC1(c2ccc(F)cc2)N=C2C=CC=CN2C1N. The van der Waals surface area contributed by atoms with E-state index in [4.69, 9.17) is 10.7 Å². The normalized spacial score (nSPS) is 25.6. The van der Waals surface area contributed by atoms with Gasteiger partial charge in [0, 0.05) is 6.20 Å². The molecule has 0 bridgehead atoms. The number of unbranched alkanes of at least 4 members (excludes halogenated alkanes) is 3. The summed E-state index contributed by atoms with van der Waals surface area (Å²) in [7, 11) is 0. The first-order chi connectivity index (χ1) is 11.2. The zero-order chi connectivity index (χ0) is 16.3. The van der Waals surface area contributed by atoms with Gasteiger partial charge in [0.1, 0.15) is 23.4 Å². The average Bonchev–Trinajstić information content (AvgIpc) is 2.86. The van der Waals surface area contributed by atoms with Crippen molar-refractivity contribution in [3.63, 3.8) is 0 Å². The van der Waals surface area contributed by atoms with E-state index in [0.29, 0.717) is 0 Å². The molecule has 122 valence electrons. The highest BCUT2D eigenvalue weighted by Gasteiger charge is 2.46. The van der Waals surface area contributed by atoms with Crippen LogP contribution in [0.25, 0.3) is 0 Å². The van der Waals surface area contributed by atoms with Crippen LogP contribution in [-0.2, 0) is 5.54 Å². The van der Waals surface area contributed by atoms with Crippen LogP contribution in [0.15, 0.2) is 53.7 Å². The number of rotatable bonds is 6. The Labute approximate surface area is 137 Å². The van der Waals surface area contributed by atoms with Crippen molar-refractivity contribution in [1.29, 1.82) is 0 Å². The molecule has 1 aromatic rings. The third-order valence-electron chi connectivity index (χ3n) is 4.73. The Morgan fingerprint density at radius 1 is 1.17 bits per heavy atom. The number of nitrogens with two attached hydrogens (primary N) is 1. The Kier molecular flexibility index (Phi) is 4.62. The molecule has 2 unspecified atom stereocenters. The number of nitrogens with zero attached hydrogens (tertiary/aromatic N) is 2. The van der Waals surface area contributed by atoms with Gasteiger partial charge >= 0.3 is 0 Å². The second kappa shape index (κ2) is 6.67. The molecule has 1 aromatic carbocycles. The van der Waals surface area contributed by atoms with Crippen molar-refractivity contribution in [2.75, 3.05) is 0 Å². The predicted octanol–water partition coefficient (Wildman–Crippen LogP) is 4.07. The molecule has 0 amide bonds. The molecule has 0 aromatic heterocycles. The van der Waals surface area contributed by atoms with Crippen LogP contribution in [0.2, 0.25) is 0 Å². The van der Waals surface area contributed by atoms with Crippen molar-refractivity contribution in [2.24, 2.45) is 10.7 Å². The molecule has 0 spiro atoms. The molecule has 2 aliphatic heterocycles. The summed E-state index contributed by atoms with van der Waals surface area (Å²) in [4.78, 5) is 6.99. The van der Waals surface area contributed by atoms with E-state index >= 15 is 0 Å². The molecule has 4 heteroatoms. The monoisotopic (exact) mass is 313 g/mol. The second-order valence-electron chi connectivity index (χ2n) is 6.26. The summed E-state index contributed by atoms with van der Waals surface area (Å²) in [5.74, 6) is 0.659. The summed E-state index contributed by atoms with van der Waals surface area (Å²) in [5, 5.41) is 0. The van der Waals surface area contributed by atoms with Gasteiger partial charge in [0.15, 0.2) is 0 Å². The van der Waals surface area contributed by atoms with Crippen LogP contribution < -0.4 is 5.73 Å². The summed E-state index contributed by atoms with van der Waals surface area (Å²) in [5.41, 5.74) is 7.07. The molecule has 23 heavy (non-hydrogen) atoms. The lowest BCUT2D eigenvalue weighted by Gasteiger charge is -2.34. The highest BCUT2D eigenvalue weighted by atomic mass is 19.1. The largest absolute Gasteiger partial charge is 0.315 e. The molecule has 0 aliphatic carbocycles. The van der Waals surface area contributed by atoms with Gasteiger partial charge in [-0.15, -0.1) is 0 Å². The number of benzene rings is 1. The Bertz CT molecular complexity index is 633. The van der Waals surface area contributed by atoms with E-state index < -0.39 is 5.54 Å². The first-order valence-corrected chi connectivity index (χ1v) is 8.42. The van der Waals surface area contributed by atoms with Crippen molar-refractivity contribution in [3.05, 3.63) is 60.1 Å². The Hall–Kier alpha value is -1.94. The average molecular weight is 313 g/mol. The van der Waals surface area contributed by atoms with E-state index in [1.54, 1.807) is 0 Å². The molecular formula is C19H24FN3. The minimum atomic E-state index is -0.504. The summed E-state index contributed by atoms with van der Waals surface area (Å²) in [6.45, 7) is 2.20. The number of amidine groups is 1. The van der Waals surface area contributed by atoms with Crippen molar-refractivity contribution in [2.45, 2.75) is 50.7 Å². The van der Waals surface area contributed by atoms with Crippen molar-refractivity contribution in [3.8, 4) is 0 Å². The first-order valence-electron chi connectivity index (χ1n) is 8.42. The fraction of sp³-hybridized carbons (Fsp3) is 0.421. The standard InChI is InChI=1S/C19H24FN3/c1-2-3-4-6-13-19(15-9-11-16(20)12-10-15)18(21)23-14-7-5-8-17(23)22-19/h5,7-12,14,18H,2-4,6,13,21H2,1H3. The molecule has 2 N–H and O–H groups in total. The van der Waals surface area contributed by atoms with Gasteiger partial charge in [0.25, 0.3) is 0 Å². The molecule has 0 fully saturated rings. The minimum Gasteiger partial charge on any atom is -0.315 e. The molecular weight excluding hydrogens is 289 g/mol. The van der Waals surface area contributed by atoms with Crippen LogP contribution in [0.1, 0.15) is 44.6 Å². The van der Waals surface area contributed by atoms with Crippen LogP contribution in [0.5, 0.6) is 0 Å². The minimum absolute atomic E-state index is 0.230. The van der Waals surface area contributed by atoms with Crippen molar-refractivity contribution in [1.82, 2.24) is 4.90 Å². The first kappa shape index (κ1) is 15.9. The van der Waals surface area contributed by atoms with E-state index in [-0.39, 0.29) is 12.0 Å². The summed E-state index contributed by atoms with van der Waals surface area (Å²) in [6.07, 6.45) is 13.2. The number of hydrogen-bond acceptors (Lipinski definition) is 3. The number of halogens is 1. The molecule has 3 nitrogen and oxygen atoms in total. The quantitative estimate of drug-likeness (QED) is 0.804. The molecule has 0 saturated carbocycles. The lowest BCUT2D eigenvalue weighted by molar-refractivity contribution is 0.257. The van der Waals surface area contributed by atoms with Gasteiger partial charge in [-0.2, -0.15) is 0 Å². The van der Waals surface area contributed by atoms with E-state index in [9.17, 15) is 4.39 Å². The maximum absolute atomic E-state index is 13.3. The zero-order valence-corrected chi connectivity index (χ0v) is 13.6. The third kappa shape index (κ3) is 2.95. The predicted molar refractivity (Wildman–Crippen MR) is 92.4 cm³/mol. The molecule has 0 saturated heterocycles. The fourth-order valence-corrected chi connectivity index (χ4v) is 3.42. The van der Waals surface area contributed by atoms with E-state index in [2.05, 4.69) is 6.92 Å². The van der Waals surface area contributed by atoms with Crippen LogP contribution in [0.3, 0.4) is 0 Å². The molecule has 0 radical (unpaired) electrons. The maximum atomic E-state index is 13.3. The third-order valence-corrected chi connectivity index (χ3v) is 4.73. The Morgan fingerprint density at radius 3 is 2.65 bits per heavy atom. The summed E-state index contributed by atoms with van der Waals surface area (Å²) >= 11 is 0. The molecule has 2 aliphatic rings. The van der Waals surface area contributed by atoms with E-state index in [0.717, 1.165) is 24.2 Å². The van der Waals surface area contributed by atoms with Gasteiger partial charge in [0.2, 0.25) is 0 Å². The lowest BCUT2D eigenvalue weighted by Crippen LogP contribution is -2.49. The van der Waals surface area contributed by atoms with Crippen molar-refractivity contribution < 1.29 is 4.39 Å². The van der Waals surface area contributed by atoms with Gasteiger partial charge in [-0.05, 0) is 36.3 Å². The summed E-state index contributed by atoms with van der Waals surface area (Å²) in [6, 6.07) is 6.65. The Balaban J connectivity index is 1.94. The fourth-order valence-electron chi connectivity index (χ4n) is 3.42. The smallest absolute Gasteiger partial charge is 0.129 e. The zero-order valence-electron chi connectivity index (χ0n) is 13.6. The highest BCUT2D eigenvalue weighted by Crippen LogP contribution is 2.41. The van der Waals surface area contributed by atoms with Crippen molar-refractivity contribution >= 4 is 5.84 Å². The number of hydrogen-bond donors (Lipinski definition) is 1. The van der Waals surface area contributed by atoms with Gasteiger partial charge in [0.05, 0.1) is 0 Å². The number of aliphatic imine (C=N–C) groups is 1. The topological polar surface area (TPSA) is 41.6 Å². The van der Waals surface area contributed by atoms with Crippen LogP contribution in [0, 0.1) is 5.82 Å². The van der Waals surface area contributed by atoms with Gasteiger partial charge in [-0.3, -0.25) is 4.99 Å². The maximum Gasteiger partial charge on any atom is 0.129 e. The Morgan fingerprint density at radius 2 is 1.96 bits per heavy atom. The van der Waals surface area contributed by atoms with Gasteiger partial charge in [-0.1, -0.05) is 50.8 Å². The van der Waals surface area contributed by atoms with Gasteiger partial charge < -0.3 is 10.6 Å². The van der Waals surface area contributed by atoms with Crippen LogP contribution >= 0.6 is 0 Å². The van der Waals surface area contributed by atoms with Gasteiger partial charge in [-0.25, -0.2) is 4.39 Å². The molecule has 2 heterocycles. The lowest BCUT2D eigenvalue weighted by atomic mass is 9.83. The second-order valence-corrected chi connectivity index (χ2v) is 6.26. The number of allylic oxidation sites excluding steroid dienone is 2.